The number of hydrogen-bond acceptors (Lipinski definition) is 3. The van der Waals surface area contributed by atoms with E-state index in [-0.39, 0.29) is 17.8 Å². The fourth-order valence-electron chi connectivity index (χ4n) is 3.46. The summed E-state index contributed by atoms with van der Waals surface area (Å²) in [5.41, 5.74) is 9.19. The number of fused-ring (bicyclic) bond motifs is 1. The van der Waals surface area contributed by atoms with Crippen LogP contribution in [0.5, 0.6) is 0 Å². The summed E-state index contributed by atoms with van der Waals surface area (Å²) in [6.07, 6.45) is 1.52. The van der Waals surface area contributed by atoms with Gasteiger partial charge in [-0.25, -0.2) is 0 Å². The molecule has 0 saturated heterocycles. The van der Waals surface area contributed by atoms with Gasteiger partial charge in [0, 0.05) is 13.0 Å². The third-order valence-electron chi connectivity index (χ3n) is 5.04. The Labute approximate surface area is 167 Å². The predicted octanol–water partition coefficient (Wildman–Crippen LogP) is 4.66. The molecule has 1 unspecified atom stereocenters. The van der Waals surface area contributed by atoms with E-state index in [1.807, 2.05) is 44.2 Å². The van der Waals surface area contributed by atoms with Gasteiger partial charge in [-0.1, -0.05) is 66.7 Å². The highest BCUT2D eigenvalue weighted by Crippen LogP contribution is 2.21. The van der Waals surface area contributed by atoms with Gasteiger partial charge in [-0.15, -0.1) is 0 Å². The van der Waals surface area contributed by atoms with E-state index in [1.54, 1.807) is 0 Å². The molecule has 28 heavy (non-hydrogen) atoms. The number of nitrogens with two attached hydrogens (primary N) is 1. The summed E-state index contributed by atoms with van der Waals surface area (Å²) in [6.45, 7) is 5.10. The molecule has 0 aromatic heterocycles. The monoisotopic (exact) mass is 375 g/mol. The largest absolute Gasteiger partial charge is 0.378 e. The molecule has 3 heteroatoms. The molecule has 1 atom stereocenters. The van der Waals surface area contributed by atoms with Crippen LogP contribution in [-0.2, 0) is 22.4 Å². The van der Waals surface area contributed by atoms with E-state index in [0.717, 1.165) is 22.9 Å². The normalized spacial score (nSPS) is 12.4. The number of Topliss-reactive ketones (excluding diaryl/α,β-unsaturated/α-hetero) is 1. The van der Waals surface area contributed by atoms with Crippen LogP contribution in [0.1, 0.15) is 36.5 Å². The van der Waals surface area contributed by atoms with Crippen LogP contribution < -0.4 is 5.73 Å². The zero-order valence-corrected chi connectivity index (χ0v) is 16.7. The van der Waals surface area contributed by atoms with Crippen molar-refractivity contribution in [2.75, 3.05) is 13.2 Å². The predicted molar refractivity (Wildman–Crippen MR) is 116 cm³/mol. The number of rotatable bonds is 9. The Bertz CT molecular complexity index is 915. The first-order valence-corrected chi connectivity index (χ1v) is 9.97. The molecule has 0 aliphatic heterocycles. The van der Waals surface area contributed by atoms with E-state index in [1.165, 1.54) is 10.9 Å². The summed E-state index contributed by atoms with van der Waals surface area (Å²) in [4.78, 5) is 12.9. The van der Waals surface area contributed by atoms with Gasteiger partial charge in [-0.2, -0.15) is 0 Å². The van der Waals surface area contributed by atoms with Crippen LogP contribution in [0.15, 0.2) is 66.7 Å². The number of benzene rings is 3. The Hall–Kier alpha value is -2.49. The lowest BCUT2D eigenvalue weighted by Gasteiger charge is -2.15. The Morgan fingerprint density at radius 3 is 2.29 bits per heavy atom. The highest BCUT2D eigenvalue weighted by atomic mass is 16.5. The number of ketones is 1. The standard InChI is InChI=1S/C25H29NO2/c1-18(2)28-14-13-19-7-11-22(12-8-19)24(17-26)25(27)16-20-9-10-21-5-3-4-6-23(21)15-20/h3-12,15,18,24H,13-14,16-17,26H2,1-2H3. The molecule has 3 aromatic carbocycles. The van der Waals surface area contributed by atoms with Crippen LogP contribution in [0.4, 0.5) is 0 Å². The molecule has 0 fully saturated rings. The Morgan fingerprint density at radius 2 is 1.61 bits per heavy atom. The lowest BCUT2D eigenvalue weighted by atomic mass is 9.90. The van der Waals surface area contributed by atoms with Crippen LogP contribution in [0.25, 0.3) is 10.8 Å². The molecule has 0 aliphatic rings. The van der Waals surface area contributed by atoms with Gasteiger partial charge in [0.1, 0.15) is 5.78 Å². The molecule has 0 amide bonds. The van der Waals surface area contributed by atoms with Gasteiger partial charge in [-0.3, -0.25) is 4.79 Å². The Kier molecular flexibility index (Phi) is 6.96. The molecule has 0 saturated carbocycles. The minimum atomic E-state index is -0.271. The highest BCUT2D eigenvalue weighted by molar-refractivity contribution is 5.90. The second kappa shape index (κ2) is 9.63. The van der Waals surface area contributed by atoms with Crippen molar-refractivity contribution in [3.63, 3.8) is 0 Å². The summed E-state index contributed by atoms with van der Waals surface area (Å²) in [5, 5.41) is 2.34. The van der Waals surface area contributed by atoms with E-state index < -0.39 is 0 Å². The molecule has 146 valence electrons. The van der Waals surface area contributed by atoms with Crippen molar-refractivity contribution in [2.45, 2.75) is 38.7 Å². The Balaban J connectivity index is 1.66. The molecule has 2 N–H and O–H groups in total. The molecule has 3 nitrogen and oxygen atoms in total. The number of ether oxygens (including phenoxy) is 1. The lowest BCUT2D eigenvalue weighted by Crippen LogP contribution is -2.23. The first-order valence-electron chi connectivity index (χ1n) is 9.97. The second-order valence-corrected chi connectivity index (χ2v) is 7.52. The summed E-state index contributed by atoms with van der Waals surface area (Å²) >= 11 is 0. The van der Waals surface area contributed by atoms with Crippen molar-refractivity contribution in [3.8, 4) is 0 Å². The molecule has 0 heterocycles. The van der Waals surface area contributed by atoms with Crippen molar-refractivity contribution in [2.24, 2.45) is 5.73 Å². The SMILES string of the molecule is CC(C)OCCc1ccc(C(CN)C(=O)Cc2ccc3ccccc3c2)cc1. The van der Waals surface area contributed by atoms with Crippen molar-refractivity contribution in [3.05, 3.63) is 83.4 Å². The summed E-state index contributed by atoms with van der Waals surface area (Å²) < 4.78 is 5.61. The van der Waals surface area contributed by atoms with Gasteiger partial charge in [0.2, 0.25) is 0 Å². The summed E-state index contributed by atoms with van der Waals surface area (Å²) in [6, 6.07) is 22.6. The van der Waals surface area contributed by atoms with E-state index >= 15 is 0 Å². The van der Waals surface area contributed by atoms with Crippen molar-refractivity contribution in [1.29, 1.82) is 0 Å². The second-order valence-electron chi connectivity index (χ2n) is 7.52. The number of carbonyl (C=O) groups is 1. The molecular formula is C25H29NO2. The summed E-state index contributed by atoms with van der Waals surface area (Å²) in [5.74, 6) is -0.110. The third-order valence-corrected chi connectivity index (χ3v) is 5.04. The maximum Gasteiger partial charge on any atom is 0.145 e. The van der Waals surface area contributed by atoms with Gasteiger partial charge in [0.25, 0.3) is 0 Å². The van der Waals surface area contributed by atoms with Crippen LogP contribution >= 0.6 is 0 Å². The number of hydrogen-bond donors (Lipinski definition) is 1. The maximum atomic E-state index is 12.9. The fourth-order valence-corrected chi connectivity index (χ4v) is 3.46. The van der Waals surface area contributed by atoms with E-state index in [9.17, 15) is 4.79 Å². The molecule has 3 rings (SSSR count). The van der Waals surface area contributed by atoms with E-state index in [0.29, 0.717) is 19.6 Å². The van der Waals surface area contributed by atoms with Crippen molar-refractivity contribution < 1.29 is 9.53 Å². The number of carbonyl (C=O) groups excluding carboxylic acids is 1. The quantitative estimate of drug-likeness (QED) is 0.592. The average Bonchev–Trinajstić information content (AvgIpc) is 2.69. The molecule has 0 bridgehead atoms. The smallest absolute Gasteiger partial charge is 0.145 e. The van der Waals surface area contributed by atoms with Crippen LogP contribution in [0.2, 0.25) is 0 Å². The Morgan fingerprint density at radius 1 is 0.929 bits per heavy atom. The zero-order chi connectivity index (χ0) is 19.9. The first kappa shape index (κ1) is 20.2. The minimum Gasteiger partial charge on any atom is -0.378 e. The van der Waals surface area contributed by atoms with Crippen LogP contribution in [0.3, 0.4) is 0 Å². The first-order chi connectivity index (χ1) is 13.6. The maximum absolute atomic E-state index is 12.9. The van der Waals surface area contributed by atoms with Gasteiger partial charge in [-0.05, 0) is 47.7 Å². The lowest BCUT2D eigenvalue weighted by molar-refractivity contribution is -0.119. The van der Waals surface area contributed by atoms with Gasteiger partial charge >= 0.3 is 0 Å². The van der Waals surface area contributed by atoms with Gasteiger partial charge in [0.05, 0.1) is 18.6 Å². The fraction of sp³-hybridized carbons (Fsp3) is 0.320. The van der Waals surface area contributed by atoms with Gasteiger partial charge < -0.3 is 10.5 Å². The average molecular weight is 376 g/mol. The van der Waals surface area contributed by atoms with Crippen molar-refractivity contribution in [1.82, 2.24) is 0 Å². The summed E-state index contributed by atoms with van der Waals surface area (Å²) in [7, 11) is 0. The third kappa shape index (κ3) is 5.28. The topological polar surface area (TPSA) is 52.3 Å². The van der Waals surface area contributed by atoms with Crippen LogP contribution in [0, 0.1) is 0 Å². The highest BCUT2D eigenvalue weighted by Gasteiger charge is 2.19. The molecule has 0 radical (unpaired) electrons. The van der Waals surface area contributed by atoms with Crippen LogP contribution in [-0.4, -0.2) is 25.0 Å². The minimum absolute atomic E-state index is 0.161. The molecule has 0 aliphatic carbocycles. The van der Waals surface area contributed by atoms with Crippen molar-refractivity contribution >= 4 is 16.6 Å². The molecular weight excluding hydrogens is 346 g/mol. The van der Waals surface area contributed by atoms with Gasteiger partial charge in [0.15, 0.2) is 0 Å². The zero-order valence-electron chi connectivity index (χ0n) is 16.7. The van der Waals surface area contributed by atoms with E-state index in [4.69, 9.17) is 10.5 Å². The molecule has 0 spiro atoms. The molecule has 3 aromatic rings. The van der Waals surface area contributed by atoms with E-state index in [2.05, 4.69) is 36.4 Å².